The molecule has 0 aromatic heterocycles. The van der Waals surface area contributed by atoms with Crippen molar-refractivity contribution in [1.82, 2.24) is 0 Å². The average Bonchev–Trinajstić information content (AvgIpc) is 2.65. The molecule has 1 atom stereocenters. The van der Waals surface area contributed by atoms with Crippen LogP contribution in [-0.4, -0.2) is 30.8 Å². The molecule has 0 aliphatic carbocycles. The van der Waals surface area contributed by atoms with Gasteiger partial charge in [-0.05, 0) is 38.0 Å². The lowest BCUT2D eigenvalue weighted by molar-refractivity contribution is -0.133. The van der Waals surface area contributed by atoms with E-state index in [4.69, 9.17) is 4.74 Å². The van der Waals surface area contributed by atoms with E-state index in [1.165, 1.54) is 0 Å². The first-order chi connectivity index (χ1) is 11.9. The van der Waals surface area contributed by atoms with Crippen LogP contribution in [-0.2, 0) is 16.1 Å². The number of aliphatic hydroxyl groups excluding tert-OH is 1. The molecule has 1 amide bonds. The number of nitrogens with zero attached hydrogens (tertiary/aromatic N) is 1. The summed E-state index contributed by atoms with van der Waals surface area (Å²) in [4.78, 5) is 14.4. The zero-order valence-corrected chi connectivity index (χ0v) is 15.2. The van der Waals surface area contributed by atoms with Gasteiger partial charge in [0.05, 0.1) is 18.1 Å². The number of amides is 1. The van der Waals surface area contributed by atoms with Crippen LogP contribution >= 0.6 is 0 Å². The maximum atomic E-state index is 12.8. The summed E-state index contributed by atoms with van der Waals surface area (Å²) in [6.07, 6.45) is -0.365. The highest BCUT2D eigenvalue weighted by Crippen LogP contribution is 2.28. The highest BCUT2D eigenvalue weighted by molar-refractivity contribution is 5.97. The Labute approximate surface area is 150 Å². The Morgan fingerprint density at radius 3 is 2.24 bits per heavy atom. The maximum Gasteiger partial charge on any atom is 0.234 e. The zero-order valence-electron chi connectivity index (χ0n) is 15.2. The SMILES string of the molecule is CN(C(=O)C(C)(C)[C@@H](O)CCOCc1ccccc1)c1ccccc1. The van der Waals surface area contributed by atoms with Gasteiger partial charge in [-0.15, -0.1) is 0 Å². The summed E-state index contributed by atoms with van der Waals surface area (Å²) in [5.41, 5.74) is 1.02. The highest BCUT2D eigenvalue weighted by atomic mass is 16.5. The molecule has 0 aliphatic rings. The van der Waals surface area contributed by atoms with Crippen molar-refractivity contribution in [2.45, 2.75) is 33.0 Å². The number of hydrogen-bond donors (Lipinski definition) is 1. The first-order valence-corrected chi connectivity index (χ1v) is 8.56. The quantitative estimate of drug-likeness (QED) is 0.746. The first kappa shape index (κ1) is 19.2. The number of anilines is 1. The number of benzene rings is 2. The second-order valence-corrected chi connectivity index (χ2v) is 6.76. The molecule has 0 saturated carbocycles. The monoisotopic (exact) mass is 341 g/mol. The minimum atomic E-state index is -0.888. The van der Waals surface area contributed by atoms with Crippen LogP contribution < -0.4 is 4.90 Å². The van der Waals surface area contributed by atoms with E-state index in [2.05, 4.69) is 0 Å². The van der Waals surface area contributed by atoms with Gasteiger partial charge in [0, 0.05) is 19.3 Å². The molecule has 25 heavy (non-hydrogen) atoms. The van der Waals surface area contributed by atoms with Gasteiger partial charge in [-0.25, -0.2) is 0 Å². The number of ether oxygens (including phenoxy) is 1. The van der Waals surface area contributed by atoms with Crippen molar-refractivity contribution in [1.29, 1.82) is 0 Å². The van der Waals surface area contributed by atoms with E-state index in [0.717, 1.165) is 11.3 Å². The summed E-state index contributed by atoms with van der Waals surface area (Å²) in [5.74, 6) is -0.116. The molecule has 4 nitrogen and oxygen atoms in total. The Balaban J connectivity index is 1.86. The average molecular weight is 341 g/mol. The Morgan fingerprint density at radius 2 is 1.64 bits per heavy atom. The van der Waals surface area contributed by atoms with Gasteiger partial charge in [-0.3, -0.25) is 4.79 Å². The van der Waals surface area contributed by atoms with Gasteiger partial charge >= 0.3 is 0 Å². The molecule has 0 aliphatic heterocycles. The minimum absolute atomic E-state index is 0.116. The zero-order chi connectivity index (χ0) is 18.3. The summed E-state index contributed by atoms with van der Waals surface area (Å²) in [7, 11) is 1.73. The lowest BCUT2D eigenvalue weighted by Gasteiger charge is -2.33. The fourth-order valence-electron chi connectivity index (χ4n) is 2.66. The van der Waals surface area contributed by atoms with Crippen LogP contribution in [0.1, 0.15) is 25.8 Å². The van der Waals surface area contributed by atoms with Gasteiger partial charge in [-0.2, -0.15) is 0 Å². The van der Waals surface area contributed by atoms with Gasteiger partial charge in [-0.1, -0.05) is 48.5 Å². The van der Waals surface area contributed by atoms with Crippen molar-refractivity contribution in [3.63, 3.8) is 0 Å². The molecular weight excluding hydrogens is 314 g/mol. The molecule has 0 bridgehead atoms. The molecule has 2 rings (SSSR count). The van der Waals surface area contributed by atoms with Gasteiger partial charge in [0.15, 0.2) is 0 Å². The summed E-state index contributed by atoms with van der Waals surface area (Å²) in [6.45, 7) is 4.46. The molecule has 0 heterocycles. The first-order valence-electron chi connectivity index (χ1n) is 8.56. The Morgan fingerprint density at radius 1 is 1.08 bits per heavy atom. The maximum absolute atomic E-state index is 12.8. The van der Waals surface area contributed by atoms with Crippen LogP contribution in [0.3, 0.4) is 0 Å². The molecule has 0 fully saturated rings. The third kappa shape index (κ3) is 5.15. The number of rotatable bonds is 8. The molecule has 1 N–H and O–H groups in total. The molecule has 134 valence electrons. The second kappa shape index (κ2) is 8.79. The predicted octanol–water partition coefficient (Wildman–Crippen LogP) is 3.64. The number of para-hydroxylation sites is 1. The molecule has 2 aromatic carbocycles. The number of carbonyl (C=O) groups is 1. The fourth-order valence-corrected chi connectivity index (χ4v) is 2.66. The van der Waals surface area contributed by atoms with Gasteiger partial charge in [0.25, 0.3) is 0 Å². The van der Waals surface area contributed by atoms with Crippen molar-refractivity contribution in [3.8, 4) is 0 Å². The Bertz CT molecular complexity index is 655. The molecule has 0 unspecified atom stereocenters. The van der Waals surface area contributed by atoms with Crippen LogP contribution in [0, 0.1) is 5.41 Å². The van der Waals surface area contributed by atoms with E-state index in [9.17, 15) is 9.90 Å². The van der Waals surface area contributed by atoms with Gasteiger partial charge in [0.1, 0.15) is 0 Å². The predicted molar refractivity (Wildman–Crippen MR) is 100 cm³/mol. The van der Waals surface area contributed by atoms with Gasteiger partial charge < -0.3 is 14.7 Å². The van der Waals surface area contributed by atoms with E-state index >= 15 is 0 Å². The number of aliphatic hydroxyl groups is 1. The highest BCUT2D eigenvalue weighted by Gasteiger charge is 2.37. The molecular formula is C21H27NO3. The Hall–Kier alpha value is -2.17. The second-order valence-electron chi connectivity index (χ2n) is 6.76. The van der Waals surface area contributed by atoms with E-state index in [1.807, 2.05) is 60.7 Å². The summed E-state index contributed by atoms with van der Waals surface area (Å²) in [5, 5.41) is 10.5. The van der Waals surface area contributed by atoms with Crippen LogP contribution in [0.2, 0.25) is 0 Å². The van der Waals surface area contributed by atoms with E-state index in [0.29, 0.717) is 19.6 Å². The molecule has 0 spiro atoms. The van der Waals surface area contributed by atoms with Gasteiger partial charge in [0.2, 0.25) is 5.91 Å². The van der Waals surface area contributed by atoms with Crippen molar-refractivity contribution in [3.05, 3.63) is 66.2 Å². The Kier molecular flexibility index (Phi) is 6.73. The van der Waals surface area contributed by atoms with Crippen molar-refractivity contribution >= 4 is 11.6 Å². The fraction of sp³-hybridized carbons (Fsp3) is 0.381. The van der Waals surface area contributed by atoms with Crippen molar-refractivity contribution < 1.29 is 14.6 Å². The van der Waals surface area contributed by atoms with E-state index in [-0.39, 0.29) is 5.91 Å². The summed E-state index contributed by atoms with van der Waals surface area (Å²) in [6, 6.07) is 19.3. The lowest BCUT2D eigenvalue weighted by Crippen LogP contribution is -2.46. The van der Waals surface area contributed by atoms with E-state index in [1.54, 1.807) is 25.8 Å². The minimum Gasteiger partial charge on any atom is -0.392 e. The molecule has 4 heteroatoms. The standard InChI is InChI=1S/C21H27NO3/c1-21(2,20(24)22(3)18-12-8-5-9-13-18)19(23)14-15-25-16-17-10-6-4-7-11-17/h4-13,19,23H,14-16H2,1-3H3/t19-/m0/s1. The third-order valence-corrected chi connectivity index (χ3v) is 4.48. The molecule has 2 aromatic rings. The summed E-state index contributed by atoms with van der Waals surface area (Å²) >= 11 is 0. The lowest BCUT2D eigenvalue weighted by atomic mass is 9.83. The molecule has 0 radical (unpaired) electrons. The topological polar surface area (TPSA) is 49.8 Å². The number of carbonyl (C=O) groups excluding carboxylic acids is 1. The smallest absolute Gasteiger partial charge is 0.234 e. The van der Waals surface area contributed by atoms with Crippen LogP contribution in [0.4, 0.5) is 5.69 Å². The van der Waals surface area contributed by atoms with Crippen LogP contribution in [0.25, 0.3) is 0 Å². The summed E-state index contributed by atoms with van der Waals surface area (Å²) < 4.78 is 5.63. The number of hydrogen-bond acceptors (Lipinski definition) is 3. The van der Waals surface area contributed by atoms with Crippen molar-refractivity contribution in [2.75, 3.05) is 18.6 Å². The third-order valence-electron chi connectivity index (χ3n) is 4.48. The van der Waals surface area contributed by atoms with Crippen LogP contribution in [0.15, 0.2) is 60.7 Å². The largest absolute Gasteiger partial charge is 0.392 e. The van der Waals surface area contributed by atoms with Crippen LogP contribution in [0.5, 0.6) is 0 Å². The molecule has 0 saturated heterocycles. The van der Waals surface area contributed by atoms with E-state index < -0.39 is 11.5 Å². The van der Waals surface area contributed by atoms with Crippen molar-refractivity contribution in [2.24, 2.45) is 5.41 Å². The normalized spacial score (nSPS) is 12.6.